The van der Waals surface area contributed by atoms with Crippen LogP contribution in [0.2, 0.25) is 0 Å². The fraction of sp³-hybridized carbons (Fsp3) is 0.238. The Hall–Kier alpha value is -2.49. The summed E-state index contributed by atoms with van der Waals surface area (Å²) in [4.78, 5) is 24.4. The summed E-state index contributed by atoms with van der Waals surface area (Å²) in [6.07, 6.45) is 1.03. The Morgan fingerprint density at radius 3 is 2.19 bits per heavy atom. The van der Waals surface area contributed by atoms with Gasteiger partial charge in [0.05, 0.1) is 6.61 Å². The maximum Gasteiger partial charge on any atom is 0.330 e. The van der Waals surface area contributed by atoms with Gasteiger partial charge in [-0.25, -0.2) is 4.79 Å². The predicted octanol–water partition coefficient (Wildman–Crippen LogP) is 4.10. The Labute approximate surface area is 159 Å². The van der Waals surface area contributed by atoms with Crippen LogP contribution in [0.4, 0.5) is 0 Å². The van der Waals surface area contributed by atoms with E-state index in [1.807, 2.05) is 32.9 Å². The van der Waals surface area contributed by atoms with Gasteiger partial charge in [0.25, 0.3) is 5.52 Å². The third-order valence-electron chi connectivity index (χ3n) is 4.02. The van der Waals surface area contributed by atoms with Crippen molar-refractivity contribution in [2.75, 3.05) is 13.2 Å². The maximum absolute atomic E-state index is 13.7. The monoisotopic (exact) mass is 386 g/mol. The van der Waals surface area contributed by atoms with Crippen molar-refractivity contribution in [2.24, 2.45) is 0 Å². The zero-order valence-corrected chi connectivity index (χ0v) is 16.6. The Morgan fingerprint density at radius 1 is 1.04 bits per heavy atom. The van der Waals surface area contributed by atoms with E-state index < -0.39 is 18.9 Å². The second-order valence-electron chi connectivity index (χ2n) is 6.17. The SMILES string of the molecule is C=CC(=O)OCCOP(=O)(C(=O)c1c(C)cc(C)cc1C)c1ccccc1. The smallest absolute Gasteiger partial charge is 0.330 e. The number of ether oxygens (including phenoxy) is 1. The highest BCUT2D eigenvalue weighted by molar-refractivity contribution is 7.83. The molecular weight excluding hydrogens is 363 g/mol. The third kappa shape index (κ3) is 4.82. The first kappa shape index (κ1) is 20.8. The van der Waals surface area contributed by atoms with Crippen LogP contribution in [-0.2, 0) is 18.6 Å². The molecule has 6 heteroatoms. The normalized spacial score (nSPS) is 12.9. The molecule has 0 N–H and O–H groups in total. The lowest BCUT2D eigenvalue weighted by atomic mass is 10.0. The van der Waals surface area contributed by atoms with E-state index in [4.69, 9.17) is 9.26 Å². The number of rotatable bonds is 8. The fourth-order valence-corrected chi connectivity index (χ4v) is 4.95. The largest absolute Gasteiger partial charge is 0.460 e. The molecule has 0 saturated heterocycles. The molecule has 0 bridgehead atoms. The van der Waals surface area contributed by atoms with E-state index in [9.17, 15) is 14.2 Å². The Kier molecular flexibility index (Phi) is 6.89. The first-order valence-corrected chi connectivity index (χ1v) is 10.1. The summed E-state index contributed by atoms with van der Waals surface area (Å²) < 4.78 is 24.1. The van der Waals surface area contributed by atoms with Crippen LogP contribution < -0.4 is 5.30 Å². The highest BCUT2D eigenvalue weighted by Crippen LogP contribution is 2.50. The minimum absolute atomic E-state index is 0.124. The molecule has 0 aliphatic rings. The van der Waals surface area contributed by atoms with Gasteiger partial charge in [-0.15, -0.1) is 0 Å². The van der Waals surface area contributed by atoms with Gasteiger partial charge >= 0.3 is 13.3 Å². The van der Waals surface area contributed by atoms with Gasteiger partial charge in [0.1, 0.15) is 6.61 Å². The minimum atomic E-state index is -3.88. The van der Waals surface area contributed by atoms with Gasteiger partial charge in [-0.2, -0.15) is 0 Å². The average molecular weight is 386 g/mol. The highest BCUT2D eigenvalue weighted by atomic mass is 31.2. The van der Waals surface area contributed by atoms with Crippen LogP contribution in [0.5, 0.6) is 0 Å². The van der Waals surface area contributed by atoms with E-state index in [2.05, 4.69) is 6.58 Å². The molecule has 0 aliphatic carbocycles. The molecule has 0 amide bonds. The number of hydrogen-bond donors (Lipinski definition) is 0. The van der Waals surface area contributed by atoms with Crippen molar-refractivity contribution in [1.29, 1.82) is 0 Å². The fourth-order valence-electron chi connectivity index (χ4n) is 2.91. The van der Waals surface area contributed by atoms with Gasteiger partial charge in [-0.1, -0.05) is 42.5 Å². The van der Waals surface area contributed by atoms with Gasteiger partial charge in [-0.05, 0) is 44.0 Å². The van der Waals surface area contributed by atoms with Crippen molar-refractivity contribution in [3.8, 4) is 0 Å². The second-order valence-corrected chi connectivity index (χ2v) is 8.45. The maximum atomic E-state index is 13.7. The molecule has 0 aromatic heterocycles. The Balaban J connectivity index is 2.38. The van der Waals surface area contributed by atoms with Crippen molar-refractivity contribution in [3.63, 3.8) is 0 Å². The molecule has 0 heterocycles. The highest BCUT2D eigenvalue weighted by Gasteiger charge is 2.37. The number of aryl methyl sites for hydroxylation is 3. The van der Waals surface area contributed by atoms with Crippen LogP contribution in [0, 0.1) is 20.8 Å². The Bertz CT molecular complexity index is 879. The van der Waals surface area contributed by atoms with Crippen molar-refractivity contribution < 1.29 is 23.4 Å². The zero-order chi connectivity index (χ0) is 20.0. The second kappa shape index (κ2) is 8.94. The summed E-state index contributed by atoms with van der Waals surface area (Å²) in [6.45, 7) is 8.58. The standard InChI is InChI=1S/C21H23O5P/c1-5-19(22)25-11-12-26-27(24,18-9-7-6-8-10-18)21(23)20-16(3)13-15(2)14-17(20)4/h5-10,13-14H,1,11-12H2,2-4H3. The molecule has 0 saturated carbocycles. The number of benzene rings is 2. The van der Waals surface area contributed by atoms with Crippen molar-refractivity contribution in [3.05, 3.63) is 77.4 Å². The van der Waals surface area contributed by atoms with E-state index in [1.165, 1.54) is 0 Å². The number of esters is 1. The molecule has 2 rings (SSSR count). The van der Waals surface area contributed by atoms with Crippen LogP contribution in [0.15, 0.2) is 55.1 Å². The predicted molar refractivity (Wildman–Crippen MR) is 106 cm³/mol. The van der Waals surface area contributed by atoms with Crippen LogP contribution >= 0.6 is 7.37 Å². The van der Waals surface area contributed by atoms with Gasteiger partial charge in [0.15, 0.2) is 0 Å². The molecule has 1 unspecified atom stereocenters. The third-order valence-corrected chi connectivity index (χ3v) is 6.30. The molecule has 142 valence electrons. The summed E-state index contributed by atoms with van der Waals surface area (Å²) in [5, 5.41) is 0.310. The van der Waals surface area contributed by atoms with Crippen LogP contribution in [-0.4, -0.2) is 24.7 Å². The van der Waals surface area contributed by atoms with E-state index in [0.29, 0.717) is 10.9 Å². The number of carbonyl (C=O) groups is 2. The summed E-state index contributed by atoms with van der Waals surface area (Å²) in [6, 6.07) is 12.1. The quantitative estimate of drug-likeness (QED) is 0.296. The van der Waals surface area contributed by atoms with Gasteiger partial charge in [0, 0.05) is 16.9 Å². The van der Waals surface area contributed by atoms with E-state index >= 15 is 0 Å². The molecule has 1 atom stereocenters. The molecular formula is C21H23O5P. The van der Waals surface area contributed by atoms with Crippen LogP contribution in [0.1, 0.15) is 27.0 Å². The van der Waals surface area contributed by atoms with Crippen molar-refractivity contribution in [2.45, 2.75) is 20.8 Å². The summed E-state index contributed by atoms with van der Waals surface area (Å²) in [5.41, 5.74) is 2.36. The molecule has 0 radical (unpaired) electrons. The summed E-state index contributed by atoms with van der Waals surface area (Å²) in [7, 11) is -3.88. The lowest BCUT2D eigenvalue weighted by Crippen LogP contribution is -2.19. The molecule has 2 aromatic carbocycles. The molecule has 0 aliphatic heterocycles. The topological polar surface area (TPSA) is 69.7 Å². The number of carbonyl (C=O) groups excluding carboxylic acids is 2. The summed E-state index contributed by atoms with van der Waals surface area (Å²) in [5.74, 6) is -0.607. The van der Waals surface area contributed by atoms with E-state index in [1.54, 1.807) is 30.3 Å². The first-order valence-electron chi connectivity index (χ1n) is 8.51. The lowest BCUT2D eigenvalue weighted by molar-refractivity contribution is -0.138. The molecule has 0 fully saturated rings. The Morgan fingerprint density at radius 2 is 1.63 bits per heavy atom. The minimum Gasteiger partial charge on any atom is -0.460 e. The first-order chi connectivity index (χ1) is 12.8. The molecule has 27 heavy (non-hydrogen) atoms. The average Bonchev–Trinajstić information content (AvgIpc) is 2.64. The van der Waals surface area contributed by atoms with Crippen LogP contribution in [0.3, 0.4) is 0 Å². The van der Waals surface area contributed by atoms with Gasteiger partial charge < -0.3 is 9.26 Å². The van der Waals surface area contributed by atoms with Gasteiger partial charge in [-0.3, -0.25) is 9.36 Å². The van der Waals surface area contributed by atoms with Crippen LogP contribution in [0.25, 0.3) is 0 Å². The number of hydrogen-bond acceptors (Lipinski definition) is 5. The van der Waals surface area contributed by atoms with E-state index in [-0.39, 0.29) is 13.2 Å². The van der Waals surface area contributed by atoms with Crippen molar-refractivity contribution in [1.82, 2.24) is 0 Å². The van der Waals surface area contributed by atoms with Crippen molar-refractivity contribution >= 4 is 24.2 Å². The molecule has 2 aromatic rings. The summed E-state index contributed by atoms with van der Waals surface area (Å²) >= 11 is 0. The van der Waals surface area contributed by atoms with Gasteiger partial charge in [0.2, 0.25) is 0 Å². The molecule has 0 spiro atoms. The molecule has 5 nitrogen and oxygen atoms in total. The lowest BCUT2D eigenvalue weighted by Gasteiger charge is -2.20. The zero-order valence-electron chi connectivity index (χ0n) is 15.7. The van der Waals surface area contributed by atoms with E-state index in [0.717, 1.165) is 22.8 Å².